The summed E-state index contributed by atoms with van der Waals surface area (Å²) in [6.07, 6.45) is 11.7. The van der Waals surface area contributed by atoms with E-state index in [0.29, 0.717) is 57.3 Å². The highest BCUT2D eigenvalue weighted by Gasteiger charge is 2.38. The number of nitrogen functional groups attached to an aromatic ring is 1. The van der Waals surface area contributed by atoms with Crippen molar-refractivity contribution in [2.24, 2.45) is 5.92 Å². The van der Waals surface area contributed by atoms with Gasteiger partial charge < -0.3 is 25.2 Å². The second-order valence-corrected chi connectivity index (χ2v) is 15.0. The molecular weight excluding hydrogens is 611 g/mol. The minimum absolute atomic E-state index is 0.0579. The van der Waals surface area contributed by atoms with Crippen molar-refractivity contribution in [3.8, 4) is 17.6 Å². The Labute approximate surface area is 281 Å². The van der Waals surface area contributed by atoms with Gasteiger partial charge in [0.1, 0.15) is 34.0 Å². The maximum atomic E-state index is 10.1. The number of nitrogens with one attached hydrogen (secondary N) is 2. The number of rotatable bonds is 9. The van der Waals surface area contributed by atoms with Gasteiger partial charge in [-0.1, -0.05) is 25.4 Å². The molecule has 3 aromatic rings. The lowest BCUT2D eigenvalue weighted by Gasteiger charge is -2.33. The molecule has 6 heterocycles. The number of thiophene rings is 1. The van der Waals surface area contributed by atoms with Gasteiger partial charge in [0.25, 0.3) is 0 Å². The van der Waals surface area contributed by atoms with Crippen LogP contribution in [0.4, 0.5) is 16.6 Å². The van der Waals surface area contributed by atoms with Gasteiger partial charge in [-0.2, -0.15) is 5.26 Å². The molecule has 0 aromatic carbocycles. The van der Waals surface area contributed by atoms with Crippen molar-refractivity contribution >= 4 is 33.9 Å². The topological polar surface area (TPSA) is 153 Å². The average molecular weight is 658 g/mol. The van der Waals surface area contributed by atoms with Crippen LogP contribution >= 0.6 is 11.3 Å². The fourth-order valence-electron chi connectivity index (χ4n) is 8.55. The van der Waals surface area contributed by atoms with Gasteiger partial charge in [-0.15, -0.1) is 11.3 Å². The number of hydrogen-bond acceptors (Lipinski definition) is 12. The monoisotopic (exact) mass is 657 g/mol. The number of anilines is 3. The normalized spacial score (nSPS) is 24.2. The molecule has 0 bridgehead atoms. The fourth-order valence-corrected chi connectivity index (χ4v) is 9.73. The molecule has 12 heteroatoms. The molecule has 0 radical (unpaired) electrons. The number of aryl methyl sites for hydroxylation is 1. The highest BCUT2D eigenvalue weighted by Crippen LogP contribution is 2.47. The number of piperidine rings is 1. The lowest BCUT2D eigenvalue weighted by atomic mass is 9.81. The zero-order valence-corrected chi connectivity index (χ0v) is 28.7. The molecule has 7 rings (SSSR count). The van der Waals surface area contributed by atoms with Crippen LogP contribution in [0.3, 0.4) is 0 Å². The Kier molecular flexibility index (Phi) is 9.11. The maximum Gasteiger partial charge on any atom is 0.220 e. The summed E-state index contributed by atoms with van der Waals surface area (Å²) in [5, 5.41) is 27.9. The predicted octanol–water partition coefficient (Wildman–Crippen LogP) is 6.31. The molecular formula is C35H47N9O2S. The van der Waals surface area contributed by atoms with Crippen LogP contribution in [0, 0.1) is 22.7 Å². The summed E-state index contributed by atoms with van der Waals surface area (Å²) >= 11 is 1.53. The third-order valence-electron chi connectivity index (χ3n) is 10.8. The Balaban J connectivity index is 1.31. The molecule has 3 fully saturated rings. The lowest BCUT2D eigenvalue weighted by molar-refractivity contribution is 0.254. The van der Waals surface area contributed by atoms with Crippen LogP contribution in [-0.2, 0) is 17.6 Å². The smallest absolute Gasteiger partial charge is 0.220 e. The summed E-state index contributed by atoms with van der Waals surface area (Å²) in [6.45, 7) is 8.04. The van der Waals surface area contributed by atoms with E-state index in [2.05, 4.69) is 40.2 Å². The van der Waals surface area contributed by atoms with E-state index in [0.717, 1.165) is 86.5 Å². The van der Waals surface area contributed by atoms with Gasteiger partial charge in [-0.25, -0.2) is 9.97 Å². The molecule has 250 valence electrons. The molecule has 3 aliphatic heterocycles. The van der Waals surface area contributed by atoms with Crippen molar-refractivity contribution in [1.29, 1.82) is 10.7 Å². The van der Waals surface area contributed by atoms with E-state index < -0.39 is 0 Å². The number of hydrogen-bond donors (Lipinski definition) is 3. The fraction of sp³-hybridized carbons (Fsp3) is 0.629. The summed E-state index contributed by atoms with van der Waals surface area (Å²) in [6, 6.07) is 3.52. The van der Waals surface area contributed by atoms with E-state index in [1.807, 2.05) is 0 Å². The highest BCUT2D eigenvalue weighted by atomic mass is 32.1. The minimum Gasteiger partial charge on any atom is -0.481 e. The van der Waals surface area contributed by atoms with E-state index in [1.54, 1.807) is 7.11 Å². The van der Waals surface area contributed by atoms with Crippen LogP contribution in [0.2, 0.25) is 0 Å². The van der Waals surface area contributed by atoms with Gasteiger partial charge in [-0.3, -0.25) is 10.3 Å². The largest absolute Gasteiger partial charge is 0.481 e. The van der Waals surface area contributed by atoms with Gasteiger partial charge in [0.2, 0.25) is 5.90 Å². The van der Waals surface area contributed by atoms with Crippen molar-refractivity contribution in [1.82, 2.24) is 20.0 Å². The standard InChI is InChI=1S/C35H47N9O2S/c1-4-8-26-27(25(17-36)32(38)47-26)23-11-5-12-24-29(42-46-30(23)24)34-40-33(39-18-22-14-13-21-10-7-16-44(21)22)28(31(37)45-3)35(41-34)43-15-6-9-20(2)19-43/h20-23,37H,4-16,18-19,38H2,1-3H3,(H,39,40,41). The molecule has 0 saturated carbocycles. The SMILES string of the molecule is CCCc1sc(N)c(C#N)c1C1CCCc2c(-c3nc(NCC4CCC5CCCN54)c(C(=N)OC)c(N4CCCC(C)C4)n3)noc21. The van der Waals surface area contributed by atoms with Crippen LogP contribution < -0.4 is 16.0 Å². The maximum absolute atomic E-state index is 10.1. The second-order valence-electron chi connectivity index (χ2n) is 13.8. The van der Waals surface area contributed by atoms with Crippen LogP contribution in [0.15, 0.2) is 4.52 Å². The number of nitriles is 1. The molecule has 3 saturated heterocycles. The Morgan fingerprint density at radius 1 is 1.17 bits per heavy atom. The first kappa shape index (κ1) is 31.9. The second kappa shape index (κ2) is 13.4. The molecule has 11 nitrogen and oxygen atoms in total. The number of ether oxygens (including phenoxy) is 1. The number of methoxy groups -OCH3 is 1. The third kappa shape index (κ3) is 5.86. The lowest BCUT2D eigenvalue weighted by Crippen LogP contribution is -2.38. The number of nitrogens with two attached hydrogens (primary N) is 1. The first-order valence-electron chi connectivity index (χ1n) is 17.5. The molecule has 0 amide bonds. The zero-order valence-electron chi connectivity index (χ0n) is 27.9. The minimum atomic E-state index is -0.0820. The van der Waals surface area contributed by atoms with Gasteiger partial charge in [0.15, 0.2) is 11.5 Å². The van der Waals surface area contributed by atoms with Crippen LogP contribution in [-0.4, -0.2) is 71.3 Å². The number of aromatic nitrogens is 3. The van der Waals surface area contributed by atoms with Crippen LogP contribution in [0.5, 0.6) is 0 Å². The quantitative estimate of drug-likeness (QED) is 0.176. The highest BCUT2D eigenvalue weighted by molar-refractivity contribution is 7.16. The van der Waals surface area contributed by atoms with Crippen LogP contribution in [0.1, 0.15) is 110 Å². The molecule has 3 aromatic heterocycles. The van der Waals surface area contributed by atoms with Crippen LogP contribution in [0.25, 0.3) is 11.5 Å². The van der Waals surface area contributed by atoms with Gasteiger partial charge >= 0.3 is 0 Å². The van der Waals surface area contributed by atoms with E-state index in [1.165, 1.54) is 43.4 Å². The molecule has 4 aliphatic rings. The van der Waals surface area contributed by atoms with Crippen molar-refractivity contribution in [2.45, 2.75) is 102 Å². The average Bonchev–Trinajstić information content (AvgIpc) is 3.87. The molecule has 0 spiro atoms. The Morgan fingerprint density at radius 3 is 2.81 bits per heavy atom. The third-order valence-corrected chi connectivity index (χ3v) is 11.9. The first-order valence-corrected chi connectivity index (χ1v) is 18.3. The van der Waals surface area contributed by atoms with Crippen molar-refractivity contribution in [2.75, 3.05) is 49.2 Å². The van der Waals surface area contributed by atoms with E-state index in [4.69, 9.17) is 30.4 Å². The molecule has 4 N–H and O–H groups in total. The Bertz CT molecular complexity index is 1680. The Morgan fingerprint density at radius 2 is 2.02 bits per heavy atom. The number of fused-ring (bicyclic) bond motifs is 2. The van der Waals surface area contributed by atoms with Gasteiger partial charge in [0, 0.05) is 48.1 Å². The van der Waals surface area contributed by atoms with E-state index in [-0.39, 0.29) is 11.8 Å². The number of nitrogens with zero attached hydrogens (tertiary/aromatic N) is 6. The predicted molar refractivity (Wildman–Crippen MR) is 185 cm³/mol. The van der Waals surface area contributed by atoms with Crippen molar-refractivity contribution in [3.63, 3.8) is 0 Å². The summed E-state index contributed by atoms with van der Waals surface area (Å²) in [5.74, 6) is 3.12. The van der Waals surface area contributed by atoms with E-state index >= 15 is 0 Å². The van der Waals surface area contributed by atoms with Gasteiger partial charge in [-0.05, 0) is 82.2 Å². The summed E-state index contributed by atoms with van der Waals surface area (Å²) in [4.78, 5) is 16.4. The summed E-state index contributed by atoms with van der Waals surface area (Å²) in [5.41, 5.74) is 10.2. The molecule has 4 unspecified atom stereocenters. The van der Waals surface area contributed by atoms with Crippen molar-refractivity contribution < 1.29 is 9.26 Å². The Hall–Kier alpha value is -3.69. The van der Waals surface area contributed by atoms with Gasteiger partial charge in [0.05, 0.1) is 12.7 Å². The zero-order chi connectivity index (χ0) is 32.7. The molecule has 4 atom stereocenters. The molecule has 1 aliphatic carbocycles. The molecule has 47 heavy (non-hydrogen) atoms. The summed E-state index contributed by atoms with van der Waals surface area (Å²) < 4.78 is 11.8. The van der Waals surface area contributed by atoms with E-state index in [9.17, 15) is 5.26 Å². The van der Waals surface area contributed by atoms with Crippen molar-refractivity contribution in [3.05, 3.63) is 32.9 Å². The first-order chi connectivity index (χ1) is 22.9. The summed E-state index contributed by atoms with van der Waals surface area (Å²) in [7, 11) is 1.54.